The van der Waals surface area contributed by atoms with Crippen molar-refractivity contribution in [2.45, 2.75) is 13.1 Å². The Labute approximate surface area is 113 Å². The van der Waals surface area contributed by atoms with Gasteiger partial charge in [0.05, 0.1) is 6.54 Å². The first-order valence-corrected chi connectivity index (χ1v) is 6.40. The van der Waals surface area contributed by atoms with Crippen molar-refractivity contribution in [2.24, 2.45) is 0 Å². The quantitative estimate of drug-likeness (QED) is 0.829. The van der Waals surface area contributed by atoms with Crippen LogP contribution in [-0.2, 0) is 17.9 Å². The first-order chi connectivity index (χ1) is 9.34. The lowest BCUT2D eigenvalue weighted by Gasteiger charge is -2.07. The third-order valence-electron chi connectivity index (χ3n) is 2.79. The van der Waals surface area contributed by atoms with Crippen molar-refractivity contribution in [3.63, 3.8) is 0 Å². The summed E-state index contributed by atoms with van der Waals surface area (Å²) in [6, 6.07) is 19.9. The number of benzene rings is 2. The van der Waals surface area contributed by atoms with E-state index in [0.29, 0.717) is 19.6 Å². The summed E-state index contributed by atoms with van der Waals surface area (Å²) in [6.07, 6.45) is 0. The number of hydrogen-bond donors (Lipinski definition) is 2. The number of hydrogen-bond acceptors (Lipinski definition) is 2. The lowest BCUT2D eigenvalue weighted by Crippen LogP contribution is -2.33. The number of rotatable bonds is 6. The van der Waals surface area contributed by atoms with Crippen LogP contribution in [0.4, 0.5) is 0 Å². The summed E-state index contributed by atoms with van der Waals surface area (Å²) in [5, 5.41) is 6.01. The van der Waals surface area contributed by atoms with E-state index in [1.165, 1.54) is 5.56 Å². The Morgan fingerprint density at radius 3 is 1.89 bits per heavy atom. The molecule has 0 atom stereocenters. The average molecular weight is 254 g/mol. The highest BCUT2D eigenvalue weighted by Gasteiger charge is 2.00. The van der Waals surface area contributed by atoms with Gasteiger partial charge in [-0.1, -0.05) is 60.7 Å². The summed E-state index contributed by atoms with van der Waals surface area (Å²) < 4.78 is 0. The Balaban J connectivity index is 1.65. The zero-order valence-corrected chi connectivity index (χ0v) is 10.8. The minimum absolute atomic E-state index is 0.0137. The second-order valence-electron chi connectivity index (χ2n) is 4.35. The molecular formula is C16H18N2O. The van der Waals surface area contributed by atoms with Gasteiger partial charge in [-0.25, -0.2) is 0 Å². The summed E-state index contributed by atoms with van der Waals surface area (Å²) >= 11 is 0. The van der Waals surface area contributed by atoms with Crippen molar-refractivity contribution < 1.29 is 4.79 Å². The van der Waals surface area contributed by atoms with Gasteiger partial charge in [0.15, 0.2) is 0 Å². The van der Waals surface area contributed by atoms with Crippen LogP contribution < -0.4 is 10.6 Å². The molecule has 0 unspecified atom stereocenters. The highest BCUT2D eigenvalue weighted by atomic mass is 16.1. The van der Waals surface area contributed by atoms with E-state index in [-0.39, 0.29) is 5.91 Å². The number of carbonyl (C=O) groups is 1. The van der Waals surface area contributed by atoms with Crippen LogP contribution in [0.15, 0.2) is 60.7 Å². The highest BCUT2D eigenvalue weighted by molar-refractivity contribution is 5.77. The minimum atomic E-state index is 0.0137. The smallest absolute Gasteiger partial charge is 0.234 e. The molecule has 3 nitrogen and oxygen atoms in total. The van der Waals surface area contributed by atoms with Gasteiger partial charge in [0.25, 0.3) is 0 Å². The predicted octanol–water partition coefficient (Wildman–Crippen LogP) is 2.09. The van der Waals surface area contributed by atoms with Crippen molar-refractivity contribution in [3.05, 3.63) is 71.8 Å². The van der Waals surface area contributed by atoms with E-state index in [4.69, 9.17) is 0 Å². The first-order valence-electron chi connectivity index (χ1n) is 6.40. The van der Waals surface area contributed by atoms with Crippen molar-refractivity contribution in [3.8, 4) is 0 Å². The first kappa shape index (κ1) is 13.3. The molecule has 0 heterocycles. The van der Waals surface area contributed by atoms with E-state index >= 15 is 0 Å². The molecule has 3 heteroatoms. The van der Waals surface area contributed by atoms with E-state index in [1.54, 1.807) is 0 Å². The normalized spacial score (nSPS) is 10.1. The fraction of sp³-hybridized carbons (Fsp3) is 0.188. The largest absolute Gasteiger partial charge is 0.351 e. The standard InChI is InChI=1S/C16H18N2O/c19-16(18-12-15-9-5-2-6-10-15)13-17-11-14-7-3-1-4-8-14/h1-10,17H,11-13H2,(H,18,19). The molecule has 0 aliphatic rings. The van der Waals surface area contributed by atoms with Gasteiger partial charge in [-0.15, -0.1) is 0 Å². The highest BCUT2D eigenvalue weighted by Crippen LogP contribution is 1.98. The maximum atomic E-state index is 11.6. The molecule has 0 aromatic heterocycles. The second-order valence-corrected chi connectivity index (χ2v) is 4.35. The fourth-order valence-corrected chi connectivity index (χ4v) is 1.78. The van der Waals surface area contributed by atoms with Crippen LogP contribution in [0.5, 0.6) is 0 Å². The minimum Gasteiger partial charge on any atom is -0.351 e. The molecule has 0 aliphatic carbocycles. The van der Waals surface area contributed by atoms with Crippen molar-refractivity contribution >= 4 is 5.91 Å². The fourth-order valence-electron chi connectivity index (χ4n) is 1.78. The summed E-state index contributed by atoms with van der Waals surface area (Å²) in [5.74, 6) is 0.0137. The van der Waals surface area contributed by atoms with Gasteiger partial charge < -0.3 is 10.6 Å². The molecule has 2 aromatic rings. The maximum absolute atomic E-state index is 11.6. The third kappa shape index (κ3) is 4.94. The molecule has 1 amide bonds. The van der Waals surface area contributed by atoms with Crippen LogP contribution >= 0.6 is 0 Å². The molecule has 2 aromatic carbocycles. The molecule has 0 spiro atoms. The van der Waals surface area contributed by atoms with Gasteiger partial charge in [0, 0.05) is 13.1 Å². The van der Waals surface area contributed by atoms with Crippen LogP contribution in [0.2, 0.25) is 0 Å². The number of carbonyl (C=O) groups excluding carboxylic acids is 1. The lowest BCUT2D eigenvalue weighted by atomic mass is 10.2. The van der Waals surface area contributed by atoms with Crippen LogP contribution in [0, 0.1) is 0 Å². The average Bonchev–Trinajstić information content (AvgIpc) is 2.47. The molecule has 19 heavy (non-hydrogen) atoms. The predicted molar refractivity (Wildman–Crippen MR) is 76.4 cm³/mol. The molecule has 0 radical (unpaired) electrons. The van der Waals surface area contributed by atoms with Gasteiger partial charge in [0.2, 0.25) is 5.91 Å². The third-order valence-corrected chi connectivity index (χ3v) is 2.79. The van der Waals surface area contributed by atoms with Crippen LogP contribution in [0.3, 0.4) is 0 Å². The Kier molecular flexibility index (Phi) is 5.14. The maximum Gasteiger partial charge on any atom is 0.234 e. The Hall–Kier alpha value is -2.13. The van der Waals surface area contributed by atoms with Gasteiger partial charge in [-0.3, -0.25) is 4.79 Å². The molecule has 0 aliphatic heterocycles. The van der Waals surface area contributed by atoms with Gasteiger partial charge in [0.1, 0.15) is 0 Å². The summed E-state index contributed by atoms with van der Waals surface area (Å²) in [5.41, 5.74) is 2.29. The summed E-state index contributed by atoms with van der Waals surface area (Å²) in [7, 11) is 0. The molecule has 0 fully saturated rings. The van der Waals surface area contributed by atoms with Crippen LogP contribution in [0.1, 0.15) is 11.1 Å². The van der Waals surface area contributed by atoms with Crippen molar-refractivity contribution in [1.82, 2.24) is 10.6 Å². The molecule has 98 valence electrons. The van der Waals surface area contributed by atoms with Gasteiger partial charge >= 0.3 is 0 Å². The second kappa shape index (κ2) is 7.34. The lowest BCUT2D eigenvalue weighted by molar-refractivity contribution is -0.120. The van der Waals surface area contributed by atoms with E-state index < -0.39 is 0 Å². The SMILES string of the molecule is O=C(CNCc1ccccc1)NCc1ccccc1. The van der Waals surface area contributed by atoms with E-state index in [1.807, 2.05) is 60.7 Å². The Morgan fingerprint density at radius 1 is 0.789 bits per heavy atom. The molecule has 2 rings (SSSR count). The molecular weight excluding hydrogens is 236 g/mol. The number of nitrogens with one attached hydrogen (secondary N) is 2. The van der Waals surface area contributed by atoms with Crippen LogP contribution in [0.25, 0.3) is 0 Å². The molecule has 0 saturated carbocycles. The van der Waals surface area contributed by atoms with Crippen molar-refractivity contribution in [1.29, 1.82) is 0 Å². The molecule has 0 bridgehead atoms. The molecule has 0 saturated heterocycles. The zero-order valence-electron chi connectivity index (χ0n) is 10.8. The van der Waals surface area contributed by atoms with E-state index in [9.17, 15) is 4.79 Å². The molecule has 2 N–H and O–H groups in total. The van der Waals surface area contributed by atoms with Crippen LogP contribution in [-0.4, -0.2) is 12.5 Å². The zero-order chi connectivity index (χ0) is 13.3. The Morgan fingerprint density at radius 2 is 1.32 bits per heavy atom. The van der Waals surface area contributed by atoms with Gasteiger partial charge in [-0.05, 0) is 11.1 Å². The van der Waals surface area contributed by atoms with Gasteiger partial charge in [-0.2, -0.15) is 0 Å². The van der Waals surface area contributed by atoms with E-state index in [0.717, 1.165) is 5.56 Å². The monoisotopic (exact) mass is 254 g/mol. The topological polar surface area (TPSA) is 41.1 Å². The summed E-state index contributed by atoms with van der Waals surface area (Å²) in [4.78, 5) is 11.6. The summed E-state index contributed by atoms with van der Waals surface area (Å²) in [6.45, 7) is 1.62. The number of amides is 1. The van der Waals surface area contributed by atoms with Crippen molar-refractivity contribution in [2.75, 3.05) is 6.54 Å². The van der Waals surface area contributed by atoms with E-state index in [2.05, 4.69) is 10.6 Å². The Bertz CT molecular complexity index is 497.